The summed E-state index contributed by atoms with van der Waals surface area (Å²) in [6.07, 6.45) is 0. The molecule has 0 aliphatic rings. The molecule has 12 rings (SSSR count). The molecule has 0 radical (unpaired) electrons. The molecule has 0 atom stereocenters. The molecule has 0 bridgehead atoms. The monoisotopic (exact) mass is 737 g/mol. The molecule has 3 aromatic heterocycles. The lowest BCUT2D eigenvalue weighted by atomic mass is 9.99. The molecule has 12 aromatic rings. The molecule has 9 aromatic carbocycles. The first kappa shape index (κ1) is 32.5. The largest absolute Gasteiger partial charge is 0.309 e. The van der Waals surface area contributed by atoms with E-state index in [4.69, 9.17) is 4.98 Å². The lowest BCUT2D eigenvalue weighted by molar-refractivity contribution is 1.08. The van der Waals surface area contributed by atoms with E-state index in [0.29, 0.717) is 0 Å². The second kappa shape index (κ2) is 12.9. The van der Waals surface area contributed by atoms with E-state index in [1.807, 2.05) is 0 Å². The minimum absolute atomic E-state index is 0.898. The summed E-state index contributed by atoms with van der Waals surface area (Å²) >= 11 is 0. The number of para-hydroxylation sites is 2. The van der Waals surface area contributed by atoms with Gasteiger partial charge in [-0.05, 0) is 93.0 Å². The predicted molar refractivity (Wildman–Crippen MR) is 244 cm³/mol. The molecule has 0 fully saturated rings. The van der Waals surface area contributed by atoms with Crippen LogP contribution in [0.4, 0.5) is 0 Å². The van der Waals surface area contributed by atoms with E-state index in [0.717, 1.165) is 39.2 Å². The van der Waals surface area contributed by atoms with Crippen molar-refractivity contribution in [1.29, 1.82) is 0 Å². The maximum atomic E-state index is 5.34. The maximum absolute atomic E-state index is 5.34. The van der Waals surface area contributed by atoms with E-state index in [-0.39, 0.29) is 0 Å². The Morgan fingerprint density at radius 3 is 1.45 bits per heavy atom. The molecule has 58 heavy (non-hydrogen) atoms. The molecule has 0 saturated carbocycles. The fourth-order valence-corrected chi connectivity index (χ4v) is 9.22. The van der Waals surface area contributed by atoms with Crippen molar-refractivity contribution < 1.29 is 0 Å². The molecule has 0 spiro atoms. The topological polar surface area (TPSA) is 22.8 Å². The number of aromatic nitrogens is 3. The second-order valence-corrected chi connectivity index (χ2v) is 15.2. The number of fused-ring (bicyclic) bond motifs is 9. The zero-order valence-corrected chi connectivity index (χ0v) is 31.5. The Bertz CT molecular complexity index is 3500. The molecule has 0 unspecified atom stereocenters. The number of pyridine rings is 1. The summed E-state index contributed by atoms with van der Waals surface area (Å²) in [5, 5.41) is 9.91. The van der Waals surface area contributed by atoms with Crippen LogP contribution in [0.25, 0.3) is 110 Å². The number of nitrogens with zero attached hydrogens (tertiary/aromatic N) is 3. The normalized spacial score (nSPS) is 11.8. The van der Waals surface area contributed by atoms with Crippen molar-refractivity contribution in [1.82, 2.24) is 14.1 Å². The van der Waals surface area contributed by atoms with E-state index in [1.165, 1.54) is 70.9 Å². The van der Waals surface area contributed by atoms with E-state index in [2.05, 4.69) is 221 Å². The minimum atomic E-state index is 0.898. The number of hydrogen-bond acceptors (Lipinski definition) is 1. The van der Waals surface area contributed by atoms with Gasteiger partial charge in [0.25, 0.3) is 0 Å². The zero-order valence-electron chi connectivity index (χ0n) is 31.5. The van der Waals surface area contributed by atoms with Crippen LogP contribution in [0.1, 0.15) is 0 Å². The Labute approximate surface area is 335 Å². The lowest BCUT2D eigenvalue weighted by Crippen LogP contribution is -2.00. The van der Waals surface area contributed by atoms with Crippen molar-refractivity contribution in [3.05, 3.63) is 212 Å². The predicted octanol–water partition coefficient (Wildman–Crippen LogP) is 14.6. The van der Waals surface area contributed by atoms with Crippen molar-refractivity contribution in [3.63, 3.8) is 0 Å². The molecule has 0 saturated heterocycles. The highest BCUT2D eigenvalue weighted by molar-refractivity contribution is 6.16. The van der Waals surface area contributed by atoms with Crippen LogP contribution in [0.2, 0.25) is 0 Å². The van der Waals surface area contributed by atoms with Gasteiger partial charge in [0.15, 0.2) is 0 Å². The van der Waals surface area contributed by atoms with Crippen LogP contribution in [-0.2, 0) is 0 Å². The highest BCUT2D eigenvalue weighted by Gasteiger charge is 2.19. The molecule has 0 N–H and O–H groups in total. The van der Waals surface area contributed by atoms with Crippen LogP contribution in [0.15, 0.2) is 212 Å². The fourth-order valence-electron chi connectivity index (χ4n) is 9.22. The van der Waals surface area contributed by atoms with Crippen molar-refractivity contribution >= 4 is 65.2 Å². The van der Waals surface area contributed by atoms with Crippen LogP contribution in [0.3, 0.4) is 0 Å². The quantitative estimate of drug-likeness (QED) is 0.161. The first-order valence-corrected chi connectivity index (χ1v) is 19.9. The molecule has 0 aliphatic heterocycles. The Hall–Kier alpha value is -7.75. The third kappa shape index (κ3) is 5.04. The Morgan fingerprint density at radius 2 is 0.776 bits per heavy atom. The van der Waals surface area contributed by atoms with Crippen molar-refractivity contribution in [2.75, 3.05) is 0 Å². The van der Waals surface area contributed by atoms with Gasteiger partial charge in [0.2, 0.25) is 0 Å². The first-order chi connectivity index (χ1) is 28.8. The second-order valence-electron chi connectivity index (χ2n) is 15.2. The number of rotatable bonds is 5. The van der Waals surface area contributed by atoms with E-state index >= 15 is 0 Å². The summed E-state index contributed by atoms with van der Waals surface area (Å²) in [5.74, 6) is 0.898. The van der Waals surface area contributed by atoms with Gasteiger partial charge in [0, 0.05) is 32.5 Å². The molecular formula is C55H35N3. The Balaban J connectivity index is 1.05. The maximum Gasteiger partial charge on any atom is 0.138 e. The molecular weight excluding hydrogens is 703 g/mol. The molecule has 0 aliphatic carbocycles. The van der Waals surface area contributed by atoms with Crippen LogP contribution in [-0.4, -0.2) is 14.1 Å². The van der Waals surface area contributed by atoms with E-state index in [9.17, 15) is 0 Å². The van der Waals surface area contributed by atoms with Gasteiger partial charge in [0.05, 0.1) is 33.4 Å². The number of hydrogen-bond donors (Lipinski definition) is 0. The van der Waals surface area contributed by atoms with Gasteiger partial charge in [-0.2, -0.15) is 0 Å². The third-order valence-electron chi connectivity index (χ3n) is 11.9. The summed E-state index contributed by atoms with van der Waals surface area (Å²) in [5.41, 5.74) is 12.6. The van der Waals surface area contributed by atoms with Gasteiger partial charge >= 0.3 is 0 Å². The highest BCUT2D eigenvalue weighted by Crippen LogP contribution is 2.41. The molecule has 0 amide bonds. The summed E-state index contributed by atoms with van der Waals surface area (Å²) < 4.78 is 4.79. The van der Waals surface area contributed by atoms with Gasteiger partial charge in [-0.3, -0.25) is 4.57 Å². The van der Waals surface area contributed by atoms with Crippen molar-refractivity contribution in [2.45, 2.75) is 0 Å². The first-order valence-electron chi connectivity index (χ1n) is 19.9. The standard InChI is InChI=1S/C55H35N3/c1-3-15-36(16-4-1)41-33-49(37-17-5-2-6-18-37)56-55(35-41)58-51-26-14-12-24-46(51)48-32-39(28-30-53(48)58)38-27-29-52-47(31-38)45-23-11-13-25-50(45)57(52)54-34-40-19-7-8-20-42(40)43-21-9-10-22-44(43)54/h1-35H. The van der Waals surface area contributed by atoms with Gasteiger partial charge in [-0.15, -0.1) is 0 Å². The van der Waals surface area contributed by atoms with Crippen LogP contribution < -0.4 is 0 Å². The fraction of sp³-hybridized carbons (Fsp3) is 0. The van der Waals surface area contributed by atoms with Gasteiger partial charge in [-0.1, -0.05) is 158 Å². The molecule has 3 heteroatoms. The van der Waals surface area contributed by atoms with E-state index in [1.54, 1.807) is 0 Å². The average Bonchev–Trinajstić information content (AvgIpc) is 3.81. The molecule has 270 valence electrons. The molecule has 3 heterocycles. The van der Waals surface area contributed by atoms with Crippen LogP contribution in [0, 0.1) is 0 Å². The van der Waals surface area contributed by atoms with E-state index < -0.39 is 0 Å². The van der Waals surface area contributed by atoms with Crippen LogP contribution in [0.5, 0.6) is 0 Å². The Morgan fingerprint density at radius 1 is 0.276 bits per heavy atom. The average molecular weight is 738 g/mol. The van der Waals surface area contributed by atoms with Gasteiger partial charge in [0.1, 0.15) is 5.82 Å². The molecule has 3 nitrogen and oxygen atoms in total. The lowest BCUT2D eigenvalue weighted by Gasteiger charge is -2.14. The van der Waals surface area contributed by atoms with Crippen molar-refractivity contribution in [3.8, 4) is 45.0 Å². The SMILES string of the molecule is c1ccc(-c2cc(-c3ccccc3)nc(-n3c4ccccc4c4cc(-c5ccc6c(c5)c5ccccc5n6-c5cc6ccccc6c6ccccc56)ccc43)c2)cc1. The van der Waals surface area contributed by atoms with Crippen molar-refractivity contribution in [2.24, 2.45) is 0 Å². The minimum Gasteiger partial charge on any atom is -0.309 e. The summed E-state index contributed by atoms with van der Waals surface area (Å²) in [4.78, 5) is 5.34. The van der Waals surface area contributed by atoms with Gasteiger partial charge in [-0.25, -0.2) is 4.98 Å². The Kier molecular flexibility index (Phi) is 7.23. The highest BCUT2D eigenvalue weighted by atomic mass is 15.1. The van der Waals surface area contributed by atoms with Gasteiger partial charge < -0.3 is 4.57 Å². The summed E-state index contributed by atoms with van der Waals surface area (Å²) in [6, 6.07) is 76.8. The summed E-state index contributed by atoms with van der Waals surface area (Å²) in [6.45, 7) is 0. The summed E-state index contributed by atoms with van der Waals surface area (Å²) in [7, 11) is 0. The van der Waals surface area contributed by atoms with Crippen LogP contribution >= 0.6 is 0 Å². The number of benzene rings is 9. The smallest absolute Gasteiger partial charge is 0.138 e. The third-order valence-corrected chi connectivity index (χ3v) is 11.9. The zero-order chi connectivity index (χ0) is 38.2.